The minimum Gasteiger partial charge on any atom is -0.348 e. The van der Waals surface area contributed by atoms with E-state index in [4.69, 9.17) is 5.73 Å². The van der Waals surface area contributed by atoms with Crippen LogP contribution in [-0.2, 0) is 9.59 Å². The van der Waals surface area contributed by atoms with E-state index in [-0.39, 0.29) is 23.8 Å². The van der Waals surface area contributed by atoms with Gasteiger partial charge in [0.15, 0.2) is 0 Å². The molecule has 1 saturated heterocycles. The number of aryl methyl sites for hydroxylation is 1. The van der Waals surface area contributed by atoms with Crippen LogP contribution < -0.4 is 11.1 Å². The van der Waals surface area contributed by atoms with Crippen molar-refractivity contribution in [3.05, 3.63) is 41.0 Å². The molecule has 0 spiro atoms. The van der Waals surface area contributed by atoms with E-state index < -0.39 is 12.1 Å². The van der Waals surface area contributed by atoms with E-state index in [0.29, 0.717) is 13.0 Å². The first-order chi connectivity index (χ1) is 13.8. The normalized spacial score (nSPS) is 18.7. The molecule has 0 saturated carbocycles. The quantitative estimate of drug-likeness (QED) is 0.759. The molecule has 1 fully saturated rings. The number of hydrogen-bond acceptors (Lipinski definition) is 5. The summed E-state index contributed by atoms with van der Waals surface area (Å²) in [4.78, 5) is 32.6. The Kier molecular flexibility index (Phi) is 6.70. The summed E-state index contributed by atoms with van der Waals surface area (Å²) >= 11 is 1.62. The molecule has 6 nitrogen and oxygen atoms in total. The number of nitrogens with zero attached hydrogens (tertiary/aromatic N) is 2. The van der Waals surface area contributed by atoms with Gasteiger partial charge in [-0.05, 0) is 43.7 Å². The smallest absolute Gasteiger partial charge is 0.243 e. The molecule has 1 aliphatic heterocycles. The van der Waals surface area contributed by atoms with Crippen LogP contribution in [0.3, 0.4) is 0 Å². The zero-order valence-electron chi connectivity index (χ0n) is 17.5. The van der Waals surface area contributed by atoms with Crippen molar-refractivity contribution in [1.82, 2.24) is 15.2 Å². The minimum atomic E-state index is -0.566. The Morgan fingerprint density at radius 2 is 1.93 bits per heavy atom. The molecule has 0 bridgehead atoms. The maximum Gasteiger partial charge on any atom is 0.243 e. The summed E-state index contributed by atoms with van der Waals surface area (Å²) in [5.74, 6) is -0.192. The minimum absolute atomic E-state index is 0.0476. The van der Waals surface area contributed by atoms with Crippen LogP contribution in [0.1, 0.15) is 50.9 Å². The lowest BCUT2D eigenvalue weighted by molar-refractivity contribution is -0.140. The van der Waals surface area contributed by atoms with Crippen molar-refractivity contribution < 1.29 is 9.59 Å². The van der Waals surface area contributed by atoms with Crippen molar-refractivity contribution in [3.8, 4) is 10.4 Å². The lowest BCUT2D eigenvalue weighted by Gasteiger charge is -2.29. The molecule has 3 N–H and O–H groups in total. The number of carbonyl (C=O) groups is 2. The first-order valence-corrected chi connectivity index (χ1v) is 11.0. The molecular formula is C22H30N4O2S. The summed E-state index contributed by atoms with van der Waals surface area (Å²) in [5.41, 5.74) is 11.1. The molecule has 156 valence electrons. The number of amides is 2. The van der Waals surface area contributed by atoms with Gasteiger partial charge in [0.2, 0.25) is 11.8 Å². The average Bonchev–Trinajstić information content (AvgIpc) is 3.35. The Morgan fingerprint density at radius 1 is 1.24 bits per heavy atom. The number of benzene rings is 1. The van der Waals surface area contributed by atoms with Crippen molar-refractivity contribution >= 4 is 23.2 Å². The van der Waals surface area contributed by atoms with Gasteiger partial charge >= 0.3 is 0 Å². The molecule has 7 heteroatoms. The number of carbonyl (C=O) groups excluding carboxylic acids is 2. The van der Waals surface area contributed by atoms with Crippen LogP contribution in [0.4, 0.5) is 0 Å². The number of likely N-dealkylation sites (tertiary alicyclic amines) is 1. The van der Waals surface area contributed by atoms with Gasteiger partial charge < -0.3 is 16.0 Å². The van der Waals surface area contributed by atoms with Gasteiger partial charge in [-0.25, -0.2) is 4.98 Å². The van der Waals surface area contributed by atoms with E-state index in [9.17, 15) is 9.59 Å². The highest BCUT2D eigenvalue weighted by atomic mass is 32.1. The van der Waals surface area contributed by atoms with Gasteiger partial charge in [-0.1, -0.05) is 38.1 Å². The molecule has 1 aliphatic rings. The number of aromatic nitrogens is 1. The molecule has 1 aromatic heterocycles. The Hall–Kier alpha value is -2.25. The zero-order chi connectivity index (χ0) is 21.1. The third kappa shape index (κ3) is 4.67. The van der Waals surface area contributed by atoms with Gasteiger partial charge in [0.05, 0.1) is 28.2 Å². The van der Waals surface area contributed by atoms with Crippen molar-refractivity contribution in [1.29, 1.82) is 0 Å². The highest BCUT2D eigenvalue weighted by Gasteiger charge is 2.37. The highest BCUT2D eigenvalue weighted by Crippen LogP contribution is 2.28. The Morgan fingerprint density at radius 3 is 2.52 bits per heavy atom. The van der Waals surface area contributed by atoms with Gasteiger partial charge in [-0.15, -0.1) is 11.3 Å². The van der Waals surface area contributed by atoms with E-state index >= 15 is 0 Å². The lowest BCUT2D eigenvalue weighted by Crippen LogP contribution is -2.52. The molecule has 2 amide bonds. The molecule has 0 radical (unpaired) electrons. The molecule has 3 rings (SSSR count). The largest absolute Gasteiger partial charge is 0.348 e. The first kappa shape index (κ1) is 21.5. The predicted octanol–water partition coefficient (Wildman–Crippen LogP) is 3.27. The third-order valence-corrected chi connectivity index (χ3v) is 6.60. The molecule has 2 aromatic rings. The predicted molar refractivity (Wildman–Crippen MR) is 116 cm³/mol. The molecule has 3 unspecified atom stereocenters. The highest BCUT2D eigenvalue weighted by molar-refractivity contribution is 7.13. The zero-order valence-corrected chi connectivity index (χ0v) is 18.3. The summed E-state index contributed by atoms with van der Waals surface area (Å²) in [7, 11) is 0. The summed E-state index contributed by atoms with van der Waals surface area (Å²) in [6.45, 7) is 8.41. The van der Waals surface area contributed by atoms with E-state index in [1.807, 2.05) is 45.3 Å². The van der Waals surface area contributed by atoms with Gasteiger partial charge in [0, 0.05) is 6.54 Å². The van der Waals surface area contributed by atoms with Crippen molar-refractivity contribution in [2.45, 2.75) is 58.7 Å². The number of rotatable bonds is 6. The summed E-state index contributed by atoms with van der Waals surface area (Å²) in [6, 6.07) is 7.04. The molecular weight excluding hydrogens is 384 g/mol. The fourth-order valence-electron chi connectivity index (χ4n) is 3.67. The number of nitrogens with two attached hydrogens (primary N) is 1. The van der Waals surface area contributed by atoms with Gasteiger partial charge in [-0.3, -0.25) is 9.59 Å². The van der Waals surface area contributed by atoms with Gasteiger partial charge in [-0.2, -0.15) is 0 Å². The fraction of sp³-hybridized carbons (Fsp3) is 0.500. The van der Waals surface area contributed by atoms with Crippen molar-refractivity contribution in [3.63, 3.8) is 0 Å². The van der Waals surface area contributed by atoms with Crippen LogP contribution in [0.15, 0.2) is 29.8 Å². The van der Waals surface area contributed by atoms with Gasteiger partial charge in [0.25, 0.3) is 0 Å². The van der Waals surface area contributed by atoms with Crippen LogP contribution in [-0.4, -0.2) is 40.3 Å². The summed E-state index contributed by atoms with van der Waals surface area (Å²) in [6.07, 6.45) is 1.50. The second-order valence-electron chi connectivity index (χ2n) is 8.08. The van der Waals surface area contributed by atoms with Gasteiger partial charge in [0.1, 0.15) is 6.04 Å². The standard InChI is InChI=1S/C22H30N4O2S/c1-13(2)19(23)22(28)26-11-5-6-18(26)21(27)25-14(3)16-7-9-17(10-8-16)20-15(4)24-12-29-20/h7-10,12-14,18-19H,5-6,11,23H2,1-4H3,(H,25,27). The van der Waals surface area contributed by atoms with E-state index in [0.717, 1.165) is 28.1 Å². The topological polar surface area (TPSA) is 88.3 Å². The van der Waals surface area contributed by atoms with Crippen LogP contribution in [0.25, 0.3) is 10.4 Å². The molecule has 29 heavy (non-hydrogen) atoms. The first-order valence-electron chi connectivity index (χ1n) is 10.2. The molecule has 0 aliphatic carbocycles. The fourth-order valence-corrected chi connectivity index (χ4v) is 4.49. The van der Waals surface area contributed by atoms with Crippen LogP contribution >= 0.6 is 11.3 Å². The summed E-state index contributed by atoms with van der Waals surface area (Å²) in [5, 5.41) is 3.07. The average molecular weight is 415 g/mol. The van der Waals surface area contributed by atoms with E-state index in [2.05, 4.69) is 22.4 Å². The Balaban J connectivity index is 1.65. The molecule has 1 aromatic carbocycles. The monoisotopic (exact) mass is 414 g/mol. The maximum atomic E-state index is 12.9. The van der Waals surface area contributed by atoms with Crippen molar-refractivity contribution in [2.24, 2.45) is 11.7 Å². The maximum absolute atomic E-state index is 12.9. The molecule has 2 heterocycles. The third-order valence-electron chi connectivity index (χ3n) is 5.62. The van der Waals surface area contributed by atoms with E-state index in [1.165, 1.54) is 0 Å². The summed E-state index contributed by atoms with van der Waals surface area (Å²) < 4.78 is 0. The second kappa shape index (κ2) is 9.05. The Bertz CT molecular complexity index is 862. The number of thiazole rings is 1. The number of hydrogen-bond donors (Lipinski definition) is 2. The Labute approximate surface area is 176 Å². The lowest BCUT2D eigenvalue weighted by atomic mass is 10.0. The second-order valence-corrected chi connectivity index (χ2v) is 8.93. The van der Waals surface area contributed by atoms with Crippen LogP contribution in [0, 0.1) is 12.8 Å². The molecule has 3 atom stereocenters. The number of nitrogens with one attached hydrogen (secondary N) is 1. The van der Waals surface area contributed by atoms with Crippen LogP contribution in [0.2, 0.25) is 0 Å². The van der Waals surface area contributed by atoms with E-state index in [1.54, 1.807) is 16.2 Å². The SMILES string of the molecule is Cc1ncsc1-c1ccc(C(C)NC(=O)C2CCCN2C(=O)C(N)C(C)C)cc1. The van der Waals surface area contributed by atoms with Crippen molar-refractivity contribution in [2.75, 3.05) is 6.54 Å². The van der Waals surface area contributed by atoms with Crippen LogP contribution in [0.5, 0.6) is 0 Å².